The standard InChI is InChI=1S/C12H9ClF2N2O2/c1-17-11(10(19-2)5-16-17)12(18)6-3-9(15)7(13)4-8(6)14/h3-5H,1-2H3. The average molecular weight is 287 g/mol. The van der Waals surface area contributed by atoms with E-state index >= 15 is 0 Å². The van der Waals surface area contributed by atoms with Gasteiger partial charge in [0.25, 0.3) is 0 Å². The number of rotatable bonds is 3. The van der Waals surface area contributed by atoms with Crippen LogP contribution in [0.2, 0.25) is 5.02 Å². The maximum Gasteiger partial charge on any atom is 0.217 e. The van der Waals surface area contributed by atoms with Gasteiger partial charge in [0.05, 0.1) is 23.9 Å². The van der Waals surface area contributed by atoms with Gasteiger partial charge in [0.1, 0.15) is 11.6 Å². The summed E-state index contributed by atoms with van der Waals surface area (Å²) in [6, 6.07) is 1.51. The topological polar surface area (TPSA) is 44.1 Å². The smallest absolute Gasteiger partial charge is 0.217 e. The van der Waals surface area contributed by atoms with Crippen LogP contribution in [0.1, 0.15) is 16.1 Å². The molecule has 4 nitrogen and oxygen atoms in total. The minimum atomic E-state index is -0.903. The lowest BCUT2D eigenvalue weighted by Crippen LogP contribution is -2.12. The number of nitrogens with zero attached hydrogens (tertiary/aromatic N) is 2. The van der Waals surface area contributed by atoms with Gasteiger partial charge in [-0.15, -0.1) is 0 Å². The fraction of sp³-hybridized carbons (Fsp3) is 0.167. The molecule has 19 heavy (non-hydrogen) atoms. The number of aryl methyl sites for hydroxylation is 1. The number of ether oxygens (including phenoxy) is 1. The van der Waals surface area contributed by atoms with Crippen molar-refractivity contribution in [3.63, 3.8) is 0 Å². The minimum Gasteiger partial charge on any atom is -0.493 e. The molecular formula is C12H9ClF2N2O2. The molecule has 0 spiro atoms. The van der Waals surface area contributed by atoms with Crippen molar-refractivity contribution >= 4 is 17.4 Å². The molecule has 1 heterocycles. The van der Waals surface area contributed by atoms with Crippen LogP contribution < -0.4 is 4.74 Å². The van der Waals surface area contributed by atoms with Gasteiger partial charge in [0.15, 0.2) is 11.4 Å². The second-order valence-corrected chi connectivity index (χ2v) is 4.17. The van der Waals surface area contributed by atoms with Gasteiger partial charge in [0, 0.05) is 7.05 Å². The van der Waals surface area contributed by atoms with Gasteiger partial charge in [-0.3, -0.25) is 9.48 Å². The highest BCUT2D eigenvalue weighted by atomic mass is 35.5. The fourth-order valence-electron chi connectivity index (χ4n) is 1.65. The normalized spacial score (nSPS) is 10.6. The van der Waals surface area contributed by atoms with E-state index in [1.165, 1.54) is 25.0 Å². The zero-order valence-corrected chi connectivity index (χ0v) is 10.8. The molecule has 0 saturated heterocycles. The minimum absolute atomic E-state index is 0.0307. The van der Waals surface area contributed by atoms with Crippen molar-refractivity contribution in [3.05, 3.63) is 46.2 Å². The molecule has 0 aliphatic rings. The van der Waals surface area contributed by atoms with Crippen molar-refractivity contribution < 1.29 is 18.3 Å². The van der Waals surface area contributed by atoms with Crippen molar-refractivity contribution in [3.8, 4) is 5.75 Å². The number of aromatic nitrogens is 2. The van der Waals surface area contributed by atoms with Crippen LogP contribution in [0.25, 0.3) is 0 Å². The summed E-state index contributed by atoms with van der Waals surface area (Å²) in [6.45, 7) is 0. The van der Waals surface area contributed by atoms with E-state index in [1.807, 2.05) is 0 Å². The third kappa shape index (κ3) is 2.31. The molecule has 2 rings (SSSR count). The van der Waals surface area contributed by atoms with Gasteiger partial charge >= 0.3 is 0 Å². The SMILES string of the molecule is COc1cnn(C)c1C(=O)c1cc(F)c(Cl)cc1F. The first-order chi connectivity index (χ1) is 8.95. The Hall–Kier alpha value is -1.95. The lowest BCUT2D eigenvalue weighted by molar-refractivity contribution is 0.102. The molecule has 2 aromatic rings. The van der Waals surface area contributed by atoms with Gasteiger partial charge in [-0.1, -0.05) is 11.6 Å². The molecule has 0 atom stereocenters. The fourth-order valence-corrected chi connectivity index (χ4v) is 1.80. The Morgan fingerprint density at radius 1 is 1.37 bits per heavy atom. The largest absolute Gasteiger partial charge is 0.493 e. The van der Waals surface area contributed by atoms with E-state index in [1.54, 1.807) is 0 Å². The highest BCUT2D eigenvalue weighted by Gasteiger charge is 2.23. The number of hydrogen-bond acceptors (Lipinski definition) is 3. The van der Waals surface area contributed by atoms with Crippen LogP contribution in [-0.2, 0) is 7.05 Å². The second-order valence-electron chi connectivity index (χ2n) is 3.76. The molecule has 1 aromatic heterocycles. The molecule has 0 aliphatic carbocycles. The maximum atomic E-state index is 13.7. The molecule has 0 fully saturated rings. The zero-order valence-electron chi connectivity index (χ0n) is 10.1. The van der Waals surface area contributed by atoms with Gasteiger partial charge in [-0.25, -0.2) is 8.78 Å². The van der Waals surface area contributed by atoms with Crippen molar-refractivity contribution in [2.24, 2.45) is 7.05 Å². The summed E-state index contributed by atoms with van der Waals surface area (Å²) in [5.74, 6) is -2.32. The van der Waals surface area contributed by atoms with E-state index in [9.17, 15) is 13.6 Å². The molecule has 0 bridgehead atoms. The number of ketones is 1. The number of methoxy groups -OCH3 is 1. The van der Waals surface area contributed by atoms with E-state index in [0.717, 1.165) is 12.1 Å². The third-order valence-corrected chi connectivity index (χ3v) is 2.88. The van der Waals surface area contributed by atoms with E-state index in [-0.39, 0.29) is 16.5 Å². The summed E-state index contributed by atoms with van der Waals surface area (Å²) < 4.78 is 33.2. The molecule has 100 valence electrons. The monoisotopic (exact) mass is 286 g/mol. The van der Waals surface area contributed by atoms with Gasteiger partial charge < -0.3 is 4.74 Å². The first-order valence-electron chi connectivity index (χ1n) is 5.21. The molecule has 0 saturated carbocycles. The lowest BCUT2D eigenvalue weighted by Gasteiger charge is -2.06. The van der Waals surface area contributed by atoms with Crippen LogP contribution in [0, 0.1) is 11.6 Å². The number of hydrogen-bond donors (Lipinski definition) is 0. The summed E-state index contributed by atoms with van der Waals surface area (Å²) in [6.07, 6.45) is 1.32. The summed E-state index contributed by atoms with van der Waals surface area (Å²) >= 11 is 5.44. The first-order valence-corrected chi connectivity index (χ1v) is 5.58. The highest BCUT2D eigenvalue weighted by Crippen LogP contribution is 2.25. The molecule has 0 unspecified atom stereocenters. The van der Waals surface area contributed by atoms with E-state index in [0.29, 0.717) is 0 Å². The average Bonchev–Trinajstić information content (AvgIpc) is 2.74. The van der Waals surface area contributed by atoms with Crippen LogP contribution in [0.3, 0.4) is 0 Å². The maximum absolute atomic E-state index is 13.7. The summed E-state index contributed by atoms with van der Waals surface area (Å²) in [5.41, 5.74) is -0.396. The van der Waals surface area contributed by atoms with Crippen LogP contribution >= 0.6 is 11.6 Å². The molecule has 7 heteroatoms. The van der Waals surface area contributed by atoms with Crippen molar-refractivity contribution in [1.29, 1.82) is 0 Å². The Bertz CT molecular complexity index is 655. The van der Waals surface area contributed by atoms with Gasteiger partial charge in [-0.05, 0) is 12.1 Å². The molecular weight excluding hydrogens is 278 g/mol. The van der Waals surface area contributed by atoms with E-state index in [2.05, 4.69) is 5.10 Å². The van der Waals surface area contributed by atoms with Gasteiger partial charge in [0.2, 0.25) is 5.78 Å². The predicted octanol–water partition coefficient (Wildman–Crippen LogP) is 2.59. The molecule has 1 aromatic carbocycles. The first kappa shape index (κ1) is 13.5. The quantitative estimate of drug-likeness (QED) is 0.643. The van der Waals surface area contributed by atoms with Crippen LogP contribution in [0.4, 0.5) is 8.78 Å². The molecule has 0 amide bonds. The summed E-state index contributed by atoms with van der Waals surface area (Å²) in [5, 5.41) is 3.45. The van der Waals surface area contributed by atoms with Crippen molar-refractivity contribution in [1.82, 2.24) is 9.78 Å². The molecule has 0 radical (unpaired) electrons. The van der Waals surface area contributed by atoms with Gasteiger partial charge in [-0.2, -0.15) is 5.10 Å². The predicted molar refractivity (Wildman–Crippen MR) is 64.6 cm³/mol. The summed E-state index contributed by atoms with van der Waals surface area (Å²) in [4.78, 5) is 12.2. The Morgan fingerprint density at radius 2 is 2.05 bits per heavy atom. The second kappa shape index (κ2) is 4.97. The van der Waals surface area contributed by atoms with Crippen molar-refractivity contribution in [2.75, 3.05) is 7.11 Å². The Morgan fingerprint density at radius 3 is 2.68 bits per heavy atom. The van der Waals surface area contributed by atoms with E-state index in [4.69, 9.17) is 16.3 Å². The van der Waals surface area contributed by atoms with Crippen molar-refractivity contribution in [2.45, 2.75) is 0 Å². The third-order valence-electron chi connectivity index (χ3n) is 2.59. The summed E-state index contributed by atoms with van der Waals surface area (Å²) in [7, 11) is 2.85. The van der Waals surface area contributed by atoms with Crippen LogP contribution in [0.5, 0.6) is 5.75 Å². The number of halogens is 3. The van der Waals surface area contributed by atoms with Crippen LogP contribution in [-0.4, -0.2) is 22.7 Å². The molecule has 0 N–H and O–H groups in total. The highest BCUT2D eigenvalue weighted by molar-refractivity contribution is 6.30. The number of carbonyl (C=O) groups excluding carboxylic acids is 1. The Labute approximate surface area is 112 Å². The zero-order chi connectivity index (χ0) is 14.2. The Balaban J connectivity index is 2.56. The number of benzene rings is 1. The van der Waals surface area contributed by atoms with Crippen LogP contribution in [0.15, 0.2) is 18.3 Å². The Kier molecular flexibility index (Phi) is 3.53. The lowest BCUT2D eigenvalue weighted by atomic mass is 10.1. The molecule has 0 aliphatic heterocycles. The number of carbonyl (C=O) groups is 1. The van der Waals surface area contributed by atoms with E-state index < -0.39 is 23.0 Å².